The maximum Gasteiger partial charge on any atom is 0.410 e. The Hall–Kier alpha value is -1.21. The predicted octanol–water partition coefficient (Wildman–Crippen LogP) is 2.64. The van der Waals surface area contributed by atoms with Gasteiger partial charge < -0.3 is 15.0 Å². The highest BCUT2D eigenvalue weighted by Crippen LogP contribution is 2.18. The van der Waals surface area contributed by atoms with Crippen LogP contribution >= 0.6 is 0 Å². The Labute approximate surface area is 123 Å². The van der Waals surface area contributed by atoms with Crippen molar-refractivity contribution in [1.29, 1.82) is 0 Å². The molecule has 0 aromatic heterocycles. The van der Waals surface area contributed by atoms with E-state index >= 15 is 0 Å². The normalized spacial score (nSPS) is 19.2. The van der Waals surface area contributed by atoms with Crippen molar-refractivity contribution >= 4 is 6.09 Å². The summed E-state index contributed by atoms with van der Waals surface area (Å²) in [7, 11) is 0. The van der Waals surface area contributed by atoms with Crippen molar-refractivity contribution in [2.24, 2.45) is 5.92 Å². The van der Waals surface area contributed by atoms with Crippen molar-refractivity contribution in [1.82, 2.24) is 10.2 Å². The van der Waals surface area contributed by atoms with Gasteiger partial charge in [0.25, 0.3) is 0 Å². The monoisotopic (exact) mass is 280 g/mol. The molecule has 1 aliphatic rings. The number of nitrogens with one attached hydrogen (secondary N) is 1. The summed E-state index contributed by atoms with van der Waals surface area (Å²) >= 11 is 0. The van der Waals surface area contributed by atoms with Gasteiger partial charge in [-0.05, 0) is 53.0 Å². The van der Waals surface area contributed by atoms with Crippen LogP contribution in [0.3, 0.4) is 0 Å². The van der Waals surface area contributed by atoms with Crippen LogP contribution in [0.15, 0.2) is 0 Å². The third kappa shape index (κ3) is 6.81. The average molecular weight is 280 g/mol. The molecule has 1 fully saturated rings. The summed E-state index contributed by atoms with van der Waals surface area (Å²) in [6.45, 7) is 11.1. The Balaban J connectivity index is 2.30. The molecule has 1 N–H and O–H groups in total. The fourth-order valence-corrected chi connectivity index (χ4v) is 2.31. The summed E-state index contributed by atoms with van der Waals surface area (Å²) in [5.41, 5.74) is -0.416. The van der Waals surface area contributed by atoms with Crippen LogP contribution in [0.2, 0.25) is 0 Å². The molecule has 0 aliphatic carbocycles. The number of hydrogen-bond acceptors (Lipinski definition) is 3. The van der Waals surface area contributed by atoms with E-state index in [1.165, 1.54) is 6.42 Å². The molecule has 0 aromatic rings. The number of ether oxygens (including phenoxy) is 1. The molecule has 20 heavy (non-hydrogen) atoms. The molecule has 0 bridgehead atoms. The van der Waals surface area contributed by atoms with Crippen molar-refractivity contribution in [2.45, 2.75) is 52.6 Å². The first kappa shape index (κ1) is 16.8. The Morgan fingerprint density at radius 2 is 2.20 bits per heavy atom. The highest BCUT2D eigenvalue weighted by molar-refractivity contribution is 5.68. The second kappa shape index (κ2) is 8.16. The number of rotatable bonds is 4. The summed E-state index contributed by atoms with van der Waals surface area (Å²) in [5.74, 6) is 6.45. The van der Waals surface area contributed by atoms with Crippen LogP contribution in [0, 0.1) is 17.8 Å². The molecule has 1 amide bonds. The Kier molecular flexibility index (Phi) is 6.87. The maximum absolute atomic E-state index is 12.0. The van der Waals surface area contributed by atoms with Crippen molar-refractivity contribution in [3.05, 3.63) is 0 Å². The highest BCUT2D eigenvalue weighted by Gasteiger charge is 2.27. The van der Waals surface area contributed by atoms with Gasteiger partial charge in [0.2, 0.25) is 0 Å². The Morgan fingerprint density at radius 1 is 1.45 bits per heavy atom. The molecule has 4 nitrogen and oxygen atoms in total. The summed E-state index contributed by atoms with van der Waals surface area (Å²) in [5, 5.41) is 3.42. The van der Waals surface area contributed by atoms with Gasteiger partial charge in [-0.2, -0.15) is 0 Å². The zero-order valence-corrected chi connectivity index (χ0v) is 13.3. The first-order valence-electron chi connectivity index (χ1n) is 7.50. The van der Waals surface area contributed by atoms with E-state index in [2.05, 4.69) is 17.2 Å². The summed E-state index contributed by atoms with van der Waals surface area (Å²) in [6.07, 6.45) is 2.93. The average Bonchev–Trinajstić information content (AvgIpc) is 2.37. The first-order chi connectivity index (χ1) is 9.42. The van der Waals surface area contributed by atoms with Gasteiger partial charge in [-0.15, -0.1) is 11.8 Å². The summed E-state index contributed by atoms with van der Waals surface area (Å²) in [4.78, 5) is 13.9. The second-order valence-electron chi connectivity index (χ2n) is 6.32. The lowest BCUT2D eigenvalue weighted by atomic mass is 9.98. The zero-order chi connectivity index (χ0) is 15.0. The summed E-state index contributed by atoms with van der Waals surface area (Å²) < 4.78 is 5.43. The van der Waals surface area contributed by atoms with E-state index in [9.17, 15) is 4.79 Å². The van der Waals surface area contributed by atoms with Crippen LogP contribution in [-0.2, 0) is 4.74 Å². The van der Waals surface area contributed by atoms with Crippen molar-refractivity contribution in [2.75, 3.05) is 26.2 Å². The highest BCUT2D eigenvalue weighted by atomic mass is 16.6. The molecule has 4 heteroatoms. The van der Waals surface area contributed by atoms with E-state index in [0.717, 1.165) is 39.0 Å². The van der Waals surface area contributed by atoms with E-state index in [1.54, 1.807) is 0 Å². The fraction of sp³-hybridized carbons (Fsp3) is 0.812. The van der Waals surface area contributed by atoms with Crippen LogP contribution in [0.5, 0.6) is 0 Å². The Bertz CT molecular complexity index is 363. The number of carbonyl (C=O) groups excluding carboxylic acids is 1. The number of amides is 1. The molecule has 1 rings (SSSR count). The zero-order valence-electron chi connectivity index (χ0n) is 13.3. The van der Waals surface area contributed by atoms with Crippen molar-refractivity contribution < 1.29 is 9.53 Å². The van der Waals surface area contributed by atoms with Crippen LogP contribution in [0.1, 0.15) is 47.0 Å². The molecule has 1 aliphatic heterocycles. The molecular formula is C16H28N2O2. The summed E-state index contributed by atoms with van der Waals surface area (Å²) in [6, 6.07) is 0. The molecule has 114 valence electrons. The van der Waals surface area contributed by atoms with Gasteiger partial charge in [0.1, 0.15) is 5.60 Å². The van der Waals surface area contributed by atoms with E-state index in [4.69, 9.17) is 4.74 Å². The number of hydrogen-bond donors (Lipinski definition) is 1. The van der Waals surface area contributed by atoms with Crippen LogP contribution in [0.25, 0.3) is 0 Å². The van der Waals surface area contributed by atoms with Crippen LogP contribution in [-0.4, -0.2) is 42.8 Å². The molecule has 0 aromatic carbocycles. The first-order valence-corrected chi connectivity index (χ1v) is 7.50. The smallest absolute Gasteiger partial charge is 0.410 e. The van der Waals surface area contributed by atoms with Gasteiger partial charge in [-0.1, -0.05) is 0 Å². The van der Waals surface area contributed by atoms with E-state index in [1.807, 2.05) is 32.6 Å². The minimum atomic E-state index is -0.416. The Morgan fingerprint density at radius 3 is 2.85 bits per heavy atom. The van der Waals surface area contributed by atoms with Crippen molar-refractivity contribution in [3.8, 4) is 11.8 Å². The lowest BCUT2D eigenvalue weighted by molar-refractivity contribution is 0.0166. The standard InChI is InChI=1S/C16H28N2O2/c1-5-6-7-10-17-12-14-9-8-11-18(13-14)15(19)20-16(2,3)4/h14,17H,7-13H2,1-4H3. The molecule has 1 unspecified atom stereocenters. The number of nitrogens with zero attached hydrogens (tertiary/aromatic N) is 1. The minimum absolute atomic E-state index is 0.181. The molecule has 1 heterocycles. The molecule has 1 atom stereocenters. The van der Waals surface area contributed by atoms with Gasteiger partial charge in [-0.3, -0.25) is 0 Å². The lowest BCUT2D eigenvalue weighted by Gasteiger charge is -2.34. The largest absolute Gasteiger partial charge is 0.444 e. The predicted molar refractivity (Wildman–Crippen MR) is 81.5 cm³/mol. The lowest BCUT2D eigenvalue weighted by Crippen LogP contribution is -2.45. The van der Waals surface area contributed by atoms with E-state index < -0.39 is 5.60 Å². The quantitative estimate of drug-likeness (QED) is 0.636. The van der Waals surface area contributed by atoms with Crippen LogP contribution < -0.4 is 5.32 Å². The van der Waals surface area contributed by atoms with Gasteiger partial charge in [0.15, 0.2) is 0 Å². The minimum Gasteiger partial charge on any atom is -0.444 e. The second-order valence-corrected chi connectivity index (χ2v) is 6.32. The fourth-order valence-electron chi connectivity index (χ4n) is 2.31. The van der Waals surface area contributed by atoms with Crippen LogP contribution in [0.4, 0.5) is 4.79 Å². The molecule has 0 radical (unpaired) electrons. The van der Waals surface area contributed by atoms with Gasteiger partial charge in [0, 0.05) is 26.1 Å². The SMILES string of the molecule is CC#CCCNCC1CCCN(C(=O)OC(C)(C)C)C1. The van der Waals surface area contributed by atoms with E-state index in [0.29, 0.717) is 5.92 Å². The molecule has 0 saturated carbocycles. The molecule has 0 spiro atoms. The van der Waals surface area contributed by atoms with Gasteiger partial charge in [0.05, 0.1) is 0 Å². The van der Waals surface area contributed by atoms with Crippen molar-refractivity contribution in [3.63, 3.8) is 0 Å². The molecular weight excluding hydrogens is 252 g/mol. The van der Waals surface area contributed by atoms with E-state index in [-0.39, 0.29) is 6.09 Å². The third-order valence-electron chi connectivity index (χ3n) is 3.21. The van der Waals surface area contributed by atoms with Gasteiger partial charge >= 0.3 is 6.09 Å². The number of carbonyl (C=O) groups is 1. The number of likely N-dealkylation sites (tertiary alicyclic amines) is 1. The topological polar surface area (TPSA) is 41.6 Å². The third-order valence-corrected chi connectivity index (χ3v) is 3.21. The molecule has 1 saturated heterocycles. The number of piperidine rings is 1. The van der Waals surface area contributed by atoms with Gasteiger partial charge in [-0.25, -0.2) is 4.79 Å². The maximum atomic E-state index is 12.0.